The molecule has 1 fully saturated rings. The van der Waals surface area contributed by atoms with Gasteiger partial charge in [-0.1, -0.05) is 19.0 Å². The number of nitrogens with one attached hydrogen (secondary N) is 1. The van der Waals surface area contributed by atoms with Crippen molar-refractivity contribution in [2.45, 2.75) is 46.1 Å². The number of carbonyl (C=O) groups is 1. The highest BCUT2D eigenvalue weighted by Crippen LogP contribution is 2.28. The summed E-state index contributed by atoms with van der Waals surface area (Å²) in [6.07, 6.45) is 3.19. The van der Waals surface area contributed by atoms with Gasteiger partial charge in [0.1, 0.15) is 0 Å². The molecule has 2 heterocycles. The topological polar surface area (TPSA) is 77.2 Å². The number of amides is 1. The molecule has 2 aromatic rings. The van der Waals surface area contributed by atoms with Crippen molar-refractivity contribution in [3.05, 3.63) is 30.2 Å². The Hall–Kier alpha value is -2.21. The lowest BCUT2D eigenvalue weighted by molar-refractivity contribution is -0.114. The fourth-order valence-corrected chi connectivity index (χ4v) is 3.16. The van der Waals surface area contributed by atoms with Gasteiger partial charge < -0.3 is 14.6 Å². The van der Waals surface area contributed by atoms with Crippen LogP contribution in [0.15, 0.2) is 28.8 Å². The van der Waals surface area contributed by atoms with E-state index < -0.39 is 0 Å². The van der Waals surface area contributed by atoms with Gasteiger partial charge >= 0.3 is 0 Å². The molecule has 6 nitrogen and oxygen atoms in total. The first-order chi connectivity index (χ1) is 12.0. The summed E-state index contributed by atoms with van der Waals surface area (Å²) in [4.78, 5) is 15.6. The Bertz CT molecular complexity index is 709. The second-order valence-electron chi connectivity index (χ2n) is 7.02. The van der Waals surface area contributed by atoms with Crippen LogP contribution in [0, 0.1) is 11.8 Å². The summed E-state index contributed by atoms with van der Waals surface area (Å²) in [5.41, 5.74) is 1.62. The van der Waals surface area contributed by atoms with Crippen LogP contribution in [0.1, 0.15) is 39.5 Å². The fraction of sp³-hybridized carbons (Fsp3) is 0.526. The van der Waals surface area contributed by atoms with Gasteiger partial charge in [-0.15, -0.1) is 0 Å². The first kappa shape index (κ1) is 17.6. The molecule has 2 atom stereocenters. The normalized spacial score (nSPS) is 20.6. The van der Waals surface area contributed by atoms with E-state index in [0.29, 0.717) is 29.7 Å². The number of rotatable bonds is 5. The van der Waals surface area contributed by atoms with Gasteiger partial charge in [-0.25, -0.2) is 0 Å². The Labute approximate surface area is 148 Å². The monoisotopic (exact) mass is 343 g/mol. The van der Waals surface area contributed by atoms with Gasteiger partial charge in [0.05, 0.1) is 6.10 Å². The second-order valence-corrected chi connectivity index (χ2v) is 7.02. The van der Waals surface area contributed by atoms with Gasteiger partial charge in [0.25, 0.3) is 0 Å². The van der Waals surface area contributed by atoms with Crippen LogP contribution < -0.4 is 5.32 Å². The van der Waals surface area contributed by atoms with Crippen molar-refractivity contribution in [2.75, 3.05) is 11.9 Å². The fourth-order valence-electron chi connectivity index (χ4n) is 3.16. The van der Waals surface area contributed by atoms with E-state index in [0.717, 1.165) is 37.1 Å². The Kier molecular flexibility index (Phi) is 5.48. The minimum Gasteiger partial charge on any atom is -0.378 e. The number of ether oxygens (including phenoxy) is 1. The molecule has 0 spiro atoms. The quantitative estimate of drug-likeness (QED) is 0.896. The zero-order valence-electron chi connectivity index (χ0n) is 15.0. The van der Waals surface area contributed by atoms with Crippen LogP contribution in [0.2, 0.25) is 0 Å². The van der Waals surface area contributed by atoms with E-state index in [1.807, 2.05) is 24.3 Å². The van der Waals surface area contributed by atoms with Crippen LogP contribution in [0.4, 0.5) is 5.69 Å². The Morgan fingerprint density at radius 2 is 2.08 bits per heavy atom. The highest BCUT2D eigenvalue weighted by atomic mass is 16.5. The Balaban J connectivity index is 1.63. The van der Waals surface area contributed by atoms with Crippen molar-refractivity contribution in [1.82, 2.24) is 10.1 Å². The van der Waals surface area contributed by atoms with Gasteiger partial charge in [0.15, 0.2) is 0 Å². The minimum absolute atomic E-state index is 0.0919. The van der Waals surface area contributed by atoms with E-state index in [1.165, 1.54) is 6.92 Å². The maximum atomic E-state index is 11.1. The molecule has 1 amide bonds. The zero-order chi connectivity index (χ0) is 17.8. The molecule has 0 aliphatic carbocycles. The molecule has 1 aromatic heterocycles. The van der Waals surface area contributed by atoms with Crippen LogP contribution in [0.25, 0.3) is 11.4 Å². The van der Waals surface area contributed by atoms with Crippen molar-refractivity contribution in [3.8, 4) is 11.4 Å². The summed E-state index contributed by atoms with van der Waals surface area (Å²) in [6, 6.07) is 7.42. The van der Waals surface area contributed by atoms with E-state index in [9.17, 15) is 4.79 Å². The van der Waals surface area contributed by atoms with E-state index >= 15 is 0 Å². The number of aromatic nitrogens is 2. The highest BCUT2D eigenvalue weighted by molar-refractivity contribution is 5.88. The third kappa shape index (κ3) is 4.66. The maximum Gasteiger partial charge on any atom is 0.227 e. The summed E-state index contributed by atoms with van der Waals surface area (Å²) in [5.74, 6) is 2.22. The number of anilines is 1. The third-order valence-corrected chi connectivity index (χ3v) is 4.56. The maximum absolute atomic E-state index is 11.1. The molecule has 1 saturated heterocycles. The molecule has 0 unspecified atom stereocenters. The standard InChI is InChI=1S/C19H25N3O3/c1-12(2)17-10-14(8-9-24-17)11-18-21-19(22-25-18)15-4-6-16(7-5-15)20-13(3)23/h4-7,12,14,17H,8-11H2,1-3H3,(H,20,23)/t14-,17-/m0/s1. The predicted octanol–water partition coefficient (Wildman–Crippen LogP) is 3.69. The van der Waals surface area contributed by atoms with Gasteiger partial charge in [-0.05, 0) is 48.9 Å². The zero-order valence-corrected chi connectivity index (χ0v) is 15.0. The molecule has 1 aliphatic heterocycles. The molecule has 3 rings (SSSR count). The predicted molar refractivity (Wildman–Crippen MR) is 95.0 cm³/mol. The second kappa shape index (κ2) is 7.78. The van der Waals surface area contributed by atoms with E-state index in [-0.39, 0.29) is 5.91 Å². The highest BCUT2D eigenvalue weighted by Gasteiger charge is 2.26. The lowest BCUT2D eigenvalue weighted by Gasteiger charge is -2.31. The van der Waals surface area contributed by atoms with E-state index in [2.05, 4.69) is 29.3 Å². The Morgan fingerprint density at radius 1 is 1.32 bits per heavy atom. The largest absolute Gasteiger partial charge is 0.378 e. The summed E-state index contributed by atoms with van der Waals surface area (Å²) >= 11 is 0. The van der Waals surface area contributed by atoms with Gasteiger partial charge in [0, 0.05) is 31.2 Å². The summed E-state index contributed by atoms with van der Waals surface area (Å²) < 4.78 is 11.3. The number of nitrogens with zero attached hydrogens (tertiary/aromatic N) is 2. The van der Waals surface area contributed by atoms with Crippen molar-refractivity contribution in [2.24, 2.45) is 11.8 Å². The van der Waals surface area contributed by atoms with Crippen LogP contribution in [-0.2, 0) is 16.0 Å². The summed E-state index contributed by atoms with van der Waals surface area (Å²) in [7, 11) is 0. The molecule has 1 aromatic carbocycles. The average molecular weight is 343 g/mol. The number of hydrogen-bond acceptors (Lipinski definition) is 5. The summed E-state index contributed by atoms with van der Waals surface area (Å²) in [5, 5.41) is 6.83. The van der Waals surface area contributed by atoms with Gasteiger partial charge in [-0.2, -0.15) is 4.98 Å². The Morgan fingerprint density at radius 3 is 2.76 bits per heavy atom. The number of carbonyl (C=O) groups excluding carboxylic acids is 1. The first-order valence-electron chi connectivity index (χ1n) is 8.83. The molecule has 0 saturated carbocycles. The molecular formula is C19H25N3O3. The number of hydrogen-bond donors (Lipinski definition) is 1. The summed E-state index contributed by atoms with van der Waals surface area (Å²) in [6.45, 7) is 6.68. The van der Waals surface area contributed by atoms with Crippen molar-refractivity contribution >= 4 is 11.6 Å². The number of benzene rings is 1. The van der Waals surface area contributed by atoms with Crippen molar-refractivity contribution < 1.29 is 14.1 Å². The average Bonchev–Trinajstić information content (AvgIpc) is 3.03. The lowest BCUT2D eigenvalue weighted by atomic mass is 9.88. The van der Waals surface area contributed by atoms with E-state index in [1.54, 1.807) is 0 Å². The van der Waals surface area contributed by atoms with E-state index in [4.69, 9.17) is 9.26 Å². The third-order valence-electron chi connectivity index (χ3n) is 4.56. The van der Waals surface area contributed by atoms with Gasteiger partial charge in [-0.3, -0.25) is 4.79 Å². The smallest absolute Gasteiger partial charge is 0.227 e. The van der Waals surface area contributed by atoms with Crippen LogP contribution in [0.3, 0.4) is 0 Å². The molecule has 1 N–H and O–H groups in total. The first-order valence-corrected chi connectivity index (χ1v) is 8.83. The molecule has 6 heteroatoms. The molecule has 134 valence electrons. The van der Waals surface area contributed by atoms with Crippen molar-refractivity contribution in [3.63, 3.8) is 0 Å². The van der Waals surface area contributed by atoms with Gasteiger partial charge in [0.2, 0.25) is 17.6 Å². The molecule has 25 heavy (non-hydrogen) atoms. The molecular weight excluding hydrogens is 318 g/mol. The van der Waals surface area contributed by atoms with Crippen LogP contribution >= 0.6 is 0 Å². The van der Waals surface area contributed by atoms with Crippen LogP contribution in [0.5, 0.6) is 0 Å². The van der Waals surface area contributed by atoms with Crippen LogP contribution in [-0.4, -0.2) is 28.8 Å². The molecule has 1 aliphatic rings. The SMILES string of the molecule is CC(=O)Nc1ccc(-c2noc(C[C@H]3CCO[C@H](C(C)C)C3)n2)cc1. The minimum atomic E-state index is -0.0919. The lowest BCUT2D eigenvalue weighted by Crippen LogP contribution is -2.30. The van der Waals surface area contributed by atoms with Crippen molar-refractivity contribution in [1.29, 1.82) is 0 Å². The molecule has 0 radical (unpaired) electrons. The molecule has 0 bridgehead atoms.